The van der Waals surface area contributed by atoms with Crippen molar-refractivity contribution in [1.29, 1.82) is 0 Å². The molecule has 0 unspecified atom stereocenters. The molecule has 0 bridgehead atoms. The molecule has 0 radical (unpaired) electrons. The Morgan fingerprint density at radius 3 is 2.57 bits per heavy atom. The summed E-state index contributed by atoms with van der Waals surface area (Å²) >= 11 is 0. The van der Waals surface area contributed by atoms with Gasteiger partial charge in [0.05, 0.1) is 18.1 Å². The van der Waals surface area contributed by atoms with Gasteiger partial charge < -0.3 is 13.9 Å². The maximum Gasteiger partial charge on any atom is 0.243 e. The van der Waals surface area contributed by atoms with Gasteiger partial charge >= 0.3 is 0 Å². The first-order valence-electron chi connectivity index (χ1n) is 7.64. The molecule has 124 valence electrons. The monoisotopic (exact) mass is 338 g/mol. The standard InChI is InChI=1S/C15H18N2O5S/c1-11-16-13-10-12(2-3-14(13)22-11)23(18,19)17-6-4-15(5-7-17)20-8-9-21-15/h2-3,10H,4-9H2,1H3. The Morgan fingerprint density at radius 2 is 1.87 bits per heavy atom. The Kier molecular flexibility index (Phi) is 3.45. The number of hydrogen-bond acceptors (Lipinski definition) is 6. The van der Waals surface area contributed by atoms with Crippen LogP contribution >= 0.6 is 0 Å². The summed E-state index contributed by atoms with van der Waals surface area (Å²) in [5.74, 6) is -0.0656. The number of fused-ring (bicyclic) bond motifs is 1. The molecule has 1 spiro atoms. The molecule has 23 heavy (non-hydrogen) atoms. The lowest BCUT2D eigenvalue weighted by atomic mass is 10.1. The fraction of sp³-hybridized carbons (Fsp3) is 0.533. The Balaban J connectivity index is 1.59. The van der Waals surface area contributed by atoms with Crippen LogP contribution in [0, 0.1) is 6.92 Å². The Bertz CT molecular complexity index is 829. The summed E-state index contributed by atoms with van der Waals surface area (Å²) in [6.07, 6.45) is 1.11. The molecule has 2 aliphatic heterocycles. The summed E-state index contributed by atoms with van der Waals surface area (Å²) in [6, 6.07) is 4.78. The van der Waals surface area contributed by atoms with Crippen LogP contribution in [0.25, 0.3) is 11.1 Å². The fourth-order valence-electron chi connectivity index (χ4n) is 3.18. The molecular formula is C15H18N2O5S. The molecule has 0 saturated carbocycles. The number of piperidine rings is 1. The van der Waals surface area contributed by atoms with Crippen molar-refractivity contribution in [1.82, 2.24) is 9.29 Å². The molecule has 1 aromatic carbocycles. The number of aryl methyl sites for hydroxylation is 1. The van der Waals surface area contributed by atoms with Gasteiger partial charge in [-0.05, 0) is 18.2 Å². The zero-order chi connectivity index (χ0) is 16.1. The van der Waals surface area contributed by atoms with Crippen molar-refractivity contribution in [2.75, 3.05) is 26.3 Å². The lowest BCUT2D eigenvalue weighted by Crippen LogP contribution is -2.47. The summed E-state index contributed by atoms with van der Waals surface area (Å²) in [5, 5.41) is 0. The Hall–Kier alpha value is -1.48. The van der Waals surface area contributed by atoms with Gasteiger partial charge in [0, 0.05) is 32.9 Å². The third-order valence-corrected chi connectivity index (χ3v) is 6.30. The van der Waals surface area contributed by atoms with E-state index in [9.17, 15) is 8.42 Å². The van der Waals surface area contributed by atoms with Gasteiger partial charge in [0.25, 0.3) is 0 Å². The van der Waals surface area contributed by atoms with E-state index in [0.29, 0.717) is 56.1 Å². The molecule has 0 N–H and O–H groups in total. The van der Waals surface area contributed by atoms with Crippen molar-refractivity contribution in [3.05, 3.63) is 24.1 Å². The molecule has 4 rings (SSSR count). The minimum atomic E-state index is -3.55. The highest BCUT2D eigenvalue weighted by atomic mass is 32.2. The summed E-state index contributed by atoms with van der Waals surface area (Å²) < 4.78 is 43.8. The molecule has 0 atom stereocenters. The van der Waals surface area contributed by atoms with Gasteiger partial charge in [-0.25, -0.2) is 13.4 Å². The number of ether oxygens (including phenoxy) is 2. The molecule has 8 heteroatoms. The molecule has 2 aromatic rings. The topological polar surface area (TPSA) is 81.9 Å². The zero-order valence-electron chi connectivity index (χ0n) is 12.8. The third kappa shape index (κ3) is 2.55. The first-order valence-corrected chi connectivity index (χ1v) is 9.08. The van der Waals surface area contributed by atoms with E-state index in [4.69, 9.17) is 13.9 Å². The zero-order valence-corrected chi connectivity index (χ0v) is 13.6. The number of nitrogens with zero attached hydrogens (tertiary/aromatic N) is 2. The minimum absolute atomic E-state index is 0.238. The van der Waals surface area contributed by atoms with Crippen LogP contribution in [0.3, 0.4) is 0 Å². The number of oxazole rings is 1. The van der Waals surface area contributed by atoms with Crippen LogP contribution in [-0.4, -0.2) is 49.8 Å². The van der Waals surface area contributed by atoms with Crippen molar-refractivity contribution in [3.63, 3.8) is 0 Å². The summed E-state index contributed by atoms with van der Waals surface area (Å²) in [4.78, 5) is 4.44. The molecular weight excluding hydrogens is 320 g/mol. The predicted octanol–water partition coefficient (Wildman–Crippen LogP) is 1.66. The van der Waals surface area contributed by atoms with Crippen LogP contribution in [0.1, 0.15) is 18.7 Å². The SMILES string of the molecule is Cc1nc2cc(S(=O)(=O)N3CCC4(CC3)OCCO4)ccc2o1. The summed E-state index contributed by atoms with van der Waals surface area (Å²) in [5.41, 5.74) is 1.14. The van der Waals surface area contributed by atoms with Gasteiger partial charge in [0.2, 0.25) is 10.0 Å². The van der Waals surface area contributed by atoms with E-state index in [1.807, 2.05) is 0 Å². The molecule has 2 aliphatic rings. The lowest BCUT2D eigenvalue weighted by molar-refractivity contribution is -0.179. The van der Waals surface area contributed by atoms with Crippen LogP contribution in [0.2, 0.25) is 0 Å². The Labute approximate surface area is 134 Å². The molecule has 0 amide bonds. The van der Waals surface area contributed by atoms with E-state index in [2.05, 4.69) is 4.98 Å². The van der Waals surface area contributed by atoms with Gasteiger partial charge in [-0.2, -0.15) is 4.31 Å². The third-order valence-electron chi connectivity index (χ3n) is 4.40. The van der Waals surface area contributed by atoms with E-state index in [1.165, 1.54) is 4.31 Å². The number of hydrogen-bond donors (Lipinski definition) is 0. The van der Waals surface area contributed by atoms with Crippen LogP contribution in [0.4, 0.5) is 0 Å². The van der Waals surface area contributed by atoms with Crippen molar-refractivity contribution in [2.24, 2.45) is 0 Å². The fourth-order valence-corrected chi connectivity index (χ4v) is 4.65. The average molecular weight is 338 g/mol. The van der Waals surface area contributed by atoms with E-state index in [1.54, 1.807) is 25.1 Å². The maximum atomic E-state index is 12.8. The van der Waals surface area contributed by atoms with Crippen LogP contribution in [0.5, 0.6) is 0 Å². The van der Waals surface area contributed by atoms with Crippen molar-refractivity contribution >= 4 is 21.1 Å². The molecule has 2 fully saturated rings. The predicted molar refractivity (Wildman–Crippen MR) is 81.4 cm³/mol. The van der Waals surface area contributed by atoms with E-state index in [0.717, 1.165) is 0 Å². The summed E-state index contributed by atoms with van der Waals surface area (Å²) in [6.45, 7) is 3.67. The van der Waals surface area contributed by atoms with E-state index < -0.39 is 15.8 Å². The van der Waals surface area contributed by atoms with Gasteiger partial charge in [0.1, 0.15) is 5.52 Å². The van der Waals surface area contributed by atoms with Gasteiger partial charge in [0.15, 0.2) is 17.3 Å². The van der Waals surface area contributed by atoms with Gasteiger partial charge in [-0.3, -0.25) is 0 Å². The van der Waals surface area contributed by atoms with Crippen LogP contribution < -0.4 is 0 Å². The van der Waals surface area contributed by atoms with Crippen molar-refractivity contribution < 1.29 is 22.3 Å². The quantitative estimate of drug-likeness (QED) is 0.828. The van der Waals surface area contributed by atoms with Crippen LogP contribution in [0.15, 0.2) is 27.5 Å². The number of rotatable bonds is 2. The highest BCUT2D eigenvalue weighted by Gasteiger charge is 2.42. The van der Waals surface area contributed by atoms with Crippen molar-refractivity contribution in [3.8, 4) is 0 Å². The number of aromatic nitrogens is 1. The van der Waals surface area contributed by atoms with Gasteiger partial charge in [-0.1, -0.05) is 0 Å². The first kappa shape index (κ1) is 15.1. The molecule has 7 nitrogen and oxygen atoms in total. The lowest BCUT2D eigenvalue weighted by Gasteiger charge is -2.36. The largest absolute Gasteiger partial charge is 0.441 e. The second kappa shape index (κ2) is 5.27. The first-order chi connectivity index (χ1) is 11.0. The smallest absolute Gasteiger partial charge is 0.243 e. The normalized spacial score (nSPS) is 22.1. The van der Waals surface area contributed by atoms with E-state index >= 15 is 0 Å². The van der Waals surface area contributed by atoms with E-state index in [-0.39, 0.29) is 4.90 Å². The average Bonchev–Trinajstić information content (AvgIpc) is 3.12. The van der Waals surface area contributed by atoms with Crippen LogP contribution in [-0.2, 0) is 19.5 Å². The molecule has 2 saturated heterocycles. The minimum Gasteiger partial charge on any atom is -0.441 e. The van der Waals surface area contributed by atoms with Gasteiger partial charge in [-0.15, -0.1) is 0 Å². The summed E-state index contributed by atoms with van der Waals surface area (Å²) in [7, 11) is -3.55. The van der Waals surface area contributed by atoms with Crippen molar-refractivity contribution in [2.45, 2.75) is 30.4 Å². The Morgan fingerprint density at radius 1 is 1.17 bits per heavy atom. The highest BCUT2D eigenvalue weighted by molar-refractivity contribution is 7.89. The molecule has 3 heterocycles. The maximum absolute atomic E-state index is 12.8. The molecule has 1 aromatic heterocycles. The second-order valence-corrected chi connectivity index (χ2v) is 7.81. The number of benzene rings is 1. The second-order valence-electron chi connectivity index (χ2n) is 5.87. The highest BCUT2D eigenvalue weighted by Crippen LogP contribution is 2.33. The number of sulfonamides is 1. The molecule has 0 aliphatic carbocycles.